The Balaban J connectivity index is 1.66. The summed E-state index contributed by atoms with van der Waals surface area (Å²) < 4.78 is 10.7. The second-order valence-corrected chi connectivity index (χ2v) is 6.90. The molecule has 3 aromatic rings. The highest BCUT2D eigenvalue weighted by atomic mass is 16.6. The molecule has 0 aliphatic heterocycles. The zero-order valence-corrected chi connectivity index (χ0v) is 17.3. The summed E-state index contributed by atoms with van der Waals surface area (Å²) >= 11 is 0. The first kappa shape index (κ1) is 22.4. The van der Waals surface area contributed by atoms with E-state index in [9.17, 15) is 9.59 Å². The van der Waals surface area contributed by atoms with Crippen LogP contribution in [0, 0.1) is 0 Å². The van der Waals surface area contributed by atoms with Gasteiger partial charge in [0.1, 0.15) is 18.4 Å². The van der Waals surface area contributed by atoms with Gasteiger partial charge >= 0.3 is 12.1 Å². The van der Waals surface area contributed by atoms with Gasteiger partial charge in [-0.15, -0.1) is 0 Å². The molecule has 164 valence electrons. The number of amides is 1. The predicted molar refractivity (Wildman–Crippen MR) is 121 cm³/mol. The van der Waals surface area contributed by atoms with Crippen molar-refractivity contribution in [1.29, 1.82) is 0 Å². The van der Waals surface area contributed by atoms with Gasteiger partial charge in [-0.1, -0.05) is 60.7 Å². The number of rotatable bonds is 8. The van der Waals surface area contributed by atoms with E-state index in [1.165, 1.54) is 0 Å². The van der Waals surface area contributed by atoms with E-state index in [0.717, 1.165) is 11.1 Å². The molecule has 0 aliphatic rings. The molecule has 0 bridgehead atoms. The number of guanidine groups is 1. The number of esters is 1. The minimum Gasteiger partial charge on any atom is -0.445 e. The van der Waals surface area contributed by atoms with E-state index in [4.69, 9.17) is 20.9 Å². The number of alkyl carbamates (subject to hydrolysis) is 1. The fourth-order valence-corrected chi connectivity index (χ4v) is 2.88. The van der Waals surface area contributed by atoms with Crippen LogP contribution in [0.2, 0.25) is 0 Å². The summed E-state index contributed by atoms with van der Waals surface area (Å²) in [6.45, 7) is 0.0893. The van der Waals surface area contributed by atoms with E-state index < -0.39 is 18.1 Å². The van der Waals surface area contributed by atoms with E-state index >= 15 is 0 Å². The van der Waals surface area contributed by atoms with Crippen LogP contribution in [0.15, 0.2) is 89.9 Å². The van der Waals surface area contributed by atoms with Gasteiger partial charge in [0.15, 0.2) is 5.96 Å². The lowest BCUT2D eigenvalue weighted by atomic mass is 10.1. The lowest BCUT2D eigenvalue weighted by Crippen LogP contribution is -2.44. The number of carbonyl (C=O) groups excluding carboxylic acids is 2. The van der Waals surface area contributed by atoms with Crippen molar-refractivity contribution >= 4 is 23.7 Å². The van der Waals surface area contributed by atoms with Gasteiger partial charge in [-0.2, -0.15) is 0 Å². The predicted octanol–water partition coefficient (Wildman–Crippen LogP) is 3.03. The summed E-state index contributed by atoms with van der Waals surface area (Å²) in [7, 11) is 0. The van der Waals surface area contributed by atoms with Crippen LogP contribution in [-0.2, 0) is 22.6 Å². The second kappa shape index (κ2) is 11.2. The third kappa shape index (κ3) is 7.17. The van der Waals surface area contributed by atoms with Crippen molar-refractivity contribution in [3.63, 3.8) is 0 Å². The van der Waals surface area contributed by atoms with E-state index in [2.05, 4.69) is 10.3 Å². The number of hydrogen-bond acceptors (Lipinski definition) is 5. The highest BCUT2D eigenvalue weighted by molar-refractivity contribution is 5.83. The zero-order chi connectivity index (χ0) is 22.8. The van der Waals surface area contributed by atoms with Crippen LogP contribution in [-0.4, -0.2) is 24.1 Å². The first-order chi connectivity index (χ1) is 15.5. The van der Waals surface area contributed by atoms with Gasteiger partial charge in [0.05, 0.1) is 5.69 Å². The molecule has 0 aliphatic carbocycles. The Kier molecular flexibility index (Phi) is 7.80. The van der Waals surface area contributed by atoms with E-state index in [-0.39, 0.29) is 19.0 Å². The van der Waals surface area contributed by atoms with Crippen molar-refractivity contribution in [2.45, 2.75) is 19.1 Å². The lowest BCUT2D eigenvalue weighted by Gasteiger charge is -2.18. The Morgan fingerprint density at radius 2 is 1.44 bits per heavy atom. The number of nitrogens with two attached hydrogens (primary N) is 2. The molecule has 0 heterocycles. The number of ether oxygens (including phenoxy) is 2. The standard InChI is InChI=1S/C24H24N4O4/c25-23(26)27-19-11-13-20(14-12-19)32-22(29)21(15-17-7-3-1-4-8-17)28-24(30)31-16-18-9-5-2-6-10-18/h1-14,21H,15-16H2,(H,28,30)(H4,25,26,27)/t21-/m1/s1. The van der Waals surface area contributed by atoms with Crippen LogP contribution in [0.5, 0.6) is 5.75 Å². The smallest absolute Gasteiger partial charge is 0.408 e. The normalized spacial score (nSPS) is 11.1. The summed E-state index contributed by atoms with van der Waals surface area (Å²) in [5.41, 5.74) is 12.9. The number of nitrogens with one attached hydrogen (secondary N) is 1. The topological polar surface area (TPSA) is 129 Å². The molecule has 1 amide bonds. The molecule has 0 saturated heterocycles. The van der Waals surface area contributed by atoms with E-state index in [0.29, 0.717) is 11.4 Å². The summed E-state index contributed by atoms with van der Waals surface area (Å²) in [5, 5.41) is 2.60. The maximum absolute atomic E-state index is 12.8. The highest BCUT2D eigenvalue weighted by Crippen LogP contribution is 2.19. The molecule has 32 heavy (non-hydrogen) atoms. The summed E-state index contributed by atoms with van der Waals surface area (Å²) in [6.07, 6.45) is -0.471. The molecule has 1 atom stereocenters. The van der Waals surface area contributed by atoms with Gasteiger partial charge in [0.25, 0.3) is 0 Å². The first-order valence-electron chi connectivity index (χ1n) is 9.92. The van der Waals surface area contributed by atoms with Gasteiger partial charge in [-0.25, -0.2) is 14.6 Å². The molecule has 0 radical (unpaired) electrons. The molecule has 5 N–H and O–H groups in total. The maximum Gasteiger partial charge on any atom is 0.408 e. The Morgan fingerprint density at radius 3 is 2.03 bits per heavy atom. The molecule has 0 fully saturated rings. The molecule has 8 nitrogen and oxygen atoms in total. The Bertz CT molecular complexity index is 1050. The summed E-state index contributed by atoms with van der Waals surface area (Å²) in [6, 6.07) is 24.0. The number of benzene rings is 3. The molecule has 0 aromatic heterocycles. The van der Waals surface area contributed by atoms with Crippen molar-refractivity contribution in [3.05, 3.63) is 96.1 Å². The highest BCUT2D eigenvalue weighted by Gasteiger charge is 2.24. The zero-order valence-electron chi connectivity index (χ0n) is 17.3. The fourth-order valence-electron chi connectivity index (χ4n) is 2.88. The van der Waals surface area contributed by atoms with Gasteiger partial charge in [0.2, 0.25) is 0 Å². The number of nitrogens with zero attached hydrogens (tertiary/aromatic N) is 1. The number of hydrogen-bond donors (Lipinski definition) is 3. The Morgan fingerprint density at radius 1 is 0.844 bits per heavy atom. The minimum absolute atomic E-state index is 0.0733. The largest absolute Gasteiger partial charge is 0.445 e. The maximum atomic E-state index is 12.8. The summed E-state index contributed by atoms with van der Waals surface area (Å²) in [4.78, 5) is 29.1. The van der Waals surface area contributed by atoms with Crippen molar-refractivity contribution in [2.75, 3.05) is 0 Å². The second-order valence-electron chi connectivity index (χ2n) is 6.90. The monoisotopic (exact) mass is 432 g/mol. The van der Waals surface area contributed by atoms with Crippen molar-refractivity contribution in [3.8, 4) is 5.75 Å². The van der Waals surface area contributed by atoms with Gasteiger partial charge in [0, 0.05) is 6.42 Å². The molecule has 0 unspecified atom stereocenters. The molecule has 0 saturated carbocycles. The lowest BCUT2D eigenvalue weighted by molar-refractivity contribution is -0.136. The summed E-state index contributed by atoms with van der Waals surface area (Å²) in [5.74, 6) is -0.405. The molecule has 8 heteroatoms. The molecular weight excluding hydrogens is 408 g/mol. The van der Waals surface area contributed by atoms with Gasteiger partial charge in [-0.05, 0) is 35.4 Å². The van der Waals surface area contributed by atoms with Gasteiger partial charge < -0.3 is 26.3 Å². The molecule has 0 spiro atoms. The molecular formula is C24H24N4O4. The van der Waals surface area contributed by atoms with Crippen LogP contribution in [0.25, 0.3) is 0 Å². The Labute approximate surface area is 185 Å². The number of aliphatic imine (C=N–C) groups is 1. The van der Waals surface area contributed by atoms with Crippen LogP contribution >= 0.6 is 0 Å². The van der Waals surface area contributed by atoms with Gasteiger partial charge in [-0.3, -0.25) is 0 Å². The average molecular weight is 432 g/mol. The fraction of sp³-hybridized carbons (Fsp3) is 0.125. The third-order valence-electron chi connectivity index (χ3n) is 4.39. The van der Waals surface area contributed by atoms with Crippen LogP contribution in [0.3, 0.4) is 0 Å². The third-order valence-corrected chi connectivity index (χ3v) is 4.39. The van der Waals surface area contributed by atoms with Crippen LogP contribution < -0.4 is 21.5 Å². The Hall–Kier alpha value is -4.33. The quantitative estimate of drug-likeness (QED) is 0.217. The number of carbonyl (C=O) groups is 2. The van der Waals surface area contributed by atoms with Crippen LogP contribution in [0.1, 0.15) is 11.1 Å². The van der Waals surface area contributed by atoms with Crippen molar-refractivity contribution in [2.24, 2.45) is 16.5 Å². The van der Waals surface area contributed by atoms with Crippen LogP contribution in [0.4, 0.5) is 10.5 Å². The van der Waals surface area contributed by atoms with Crippen molar-refractivity contribution in [1.82, 2.24) is 5.32 Å². The first-order valence-corrected chi connectivity index (χ1v) is 9.92. The molecule has 3 aromatic carbocycles. The minimum atomic E-state index is -0.946. The van der Waals surface area contributed by atoms with E-state index in [1.54, 1.807) is 24.3 Å². The average Bonchev–Trinajstić information content (AvgIpc) is 2.79. The van der Waals surface area contributed by atoms with E-state index in [1.807, 2.05) is 60.7 Å². The van der Waals surface area contributed by atoms with Crippen molar-refractivity contribution < 1.29 is 19.1 Å². The SMILES string of the molecule is NC(N)=Nc1ccc(OC(=O)[C@@H](Cc2ccccc2)NC(=O)OCc2ccccc2)cc1. The molecule has 3 rings (SSSR count).